The van der Waals surface area contributed by atoms with Gasteiger partial charge in [0, 0.05) is 30.0 Å². The van der Waals surface area contributed by atoms with E-state index >= 15 is 0 Å². The van der Waals surface area contributed by atoms with E-state index in [1.807, 2.05) is 31.2 Å². The molecule has 1 aromatic carbocycles. The van der Waals surface area contributed by atoms with Gasteiger partial charge in [0.1, 0.15) is 16.9 Å². The summed E-state index contributed by atoms with van der Waals surface area (Å²) in [6, 6.07) is 7.56. The van der Waals surface area contributed by atoms with Crippen LogP contribution in [0.15, 0.2) is 28.7 Å². The van der Waals surface area contributed by atoms with Crippen LogP contribution in [-0.2, 0) is 4.74 Å². The Balaban J connectivity index is 1.70. The highest BCUT2D eigenvalue weighted by molar-refractivity contribution is 6.31. The predicted molar refractivity (Wildman–Crippen MR) is 78.0 cm³/mol. The van der Waals surface area contributed by atoms with Gasteiger partial charge >= 0.3 is 0 Å². The third kappa shape index (κ3) is 2.83. The molecule has 2 N–H and O–H groups in total. The molecule has 4 nitrogen and oxygen atoms in total. The minimum absolute atomic E-state index is 0.0193. The normalized spacial score (nSPS) is 24.4. The Kier molecular flexibility index (Phi) is 3.73. The van der Waals surface area contributed by atoms with Gasteiger partial charge in [-0.05, 0) is 31.2 Å². The molecule has 0 aliphatic carbocycles. The van der Waals surface area contributed by atoms with Crippen molar-refractivity contribution in [1.82, 2.24) is 5.32 Å². The van der Waals surface area contributed by atoms with Crippen molar-refractivity contribution in [3.8, 4) is 0 Å². The van der Waals surface area contributed by atoms with Gasteiger partial charge in [-0.3, -0.25) is 0 Å². The SMILES string of the molecule is C[C@@H](NC[C@@]1(O)CCOC1)c1cc2cc(Cl)ccc2o1. The van der Waals surface area contributed by atoms with Gasteiger partial charge in [-0.15, -0.1) is 0 Å². The lowest BCUT2D eigenvalue weighted by molar-refractivity contribution is 0.0247. The summed E-state index contributed by atoms with van der Waals surface area (Å²) in [5.41, 5.74) is 0.0600. The minimum atomic E-state index is -0.760. The van der Waals surface area contributed by atoms with Crippen LogP contribution < -0.4 is 5.32 Å². The summed E-state index contributed by atoms with van der Waals surface area (Å²) in [6.45, 7) is 3.52. The second-order valence-electron chi connectivity index (χ2n) is 5.46. The van der Waals surface area contributed by atoms with Crippen molar-refractivity contribution in [3.63, 3.8) is 0 Å². The molecule has 108 valence electrons. The molecule has 1 aliphatic heterocycles. The summed E-state index contributed by atoms with van der Waals surface area (Å²) in [6.07, 6.45) is 0.669. The summed E-state index contributed by atoms with van der Waals surface area (Å²) in [5.74, 6) is 0.838. The van der Waals surface area contributed by atoms with Gasteiger partial charge in [0.05, 0.1) is 12.6 Å². The van der Waals surface area contributed by atoms with E-state index in [9.17, 15) is 5.11 Å². The van der Waals surface area contributed by atoms with E-state index < -0.39 is 5.60 Å². The van der Waals surface area contributed by atoms with Crippen LogP contribution >= 0.6 is 11.6 Å². The first-order valence-corrected chi connectivity index (χ1v) is 7.16. The van der Waals surface area contributed by atoms with Gasteiger partial charge in [-0.2, -0.15) is 0 Å². The molecular weight excluding hydrogens is 278 g/mol. The predicted octanol–water partition coefficient (Wildman–Crippen LogP) is 2.89. The Morgan fingerprint density at radius 2 is 2.30 bits per heavy atom. The van der Waals surface area contributed by atoms with E-state index in [0.717, 1.165) is 16.7 Å². The smallest absolute Gasteiger partial charge is 0.134 e. The van der Waals surface area contributed by atoms with Gasteiger partial charge in [-0.25, -0.2) is 0 Å². The number of hydrogen-bond donors (Lipinski definition) is 2. The topological polar surface area (TPSA) is 54.6 Å². The maximum atomic E-state index is 10.2. The summed E-state index contributed by atoms with van der Waals surface area (Å²) >= 11 is 5.97. The first-order valence-electron chi connectivity index (χ1n) is 6.78. The average Bonchev–Trinajstić information content (AvgIpc) is 3.02. The standard InChI is InChI=1S/C15H18ClNO3/c1-10(17-8-15(18)4-5-19-9-15)14-7-11-6-12(16)2-3-13(11)20-14/h2-3,6-7,10,17-18H,4-5,8-9H2,1H3/t10-,15+/m1/s1. The molecule has 0 bridgehead atoms. The number of aliphatic hydroxyl groups is 1. The van der Waals surface area contributed by atoms with Crippen LogP contribution in [0.25, 0.3) is 11.0 Å². The van der Waals surface area contributed by atoms with Gasteiger partial charge in [-0.1, -0.05) is 11.6 Å². The van der Waals surface area contributed by atoms with Crippen LogP contribution in [0.1, 0.15) is 25.1 Å². The lowest BCUT2D eigenvalue weighted by Crippen LogP contribution is -2.41. The minimum Gasteiger partial charge on any atom is -0.459 e. The van der Waals surface area contributed by atoms with Crippen molar-refractivity contribution in [3.05, 3.63) is 35.0 Å². The zero-order valence-electron chi connectivity index (χ0n) is 11.4. The van der Waals surface area contributed by atoms with Gasteiger partial charge in [0.2, 0.25) is 0 Å². The van der Waals surface area contributed by atoms with Crippen LogP contribution in [-0.4, -0.2) is 30.5 Å². The molecule has 0 amide bonds. The fourth-order valence-electron chi connectivity index (χ4n) is 2.43. The maximum absolute atomic E-state index is 10.2. The number of nitrogens with one attached hydrogen (secondary N) is 1. The summed E-state index contributed by atoms with van der Waals surface area (Å²) in [5, 5.41) is 15.2. The highest BCUT2D eigenvalue weighted by Gasteiger charge is 2.32. The van der Waals surface area contributed by atoms with Gasteiger partial charge in [0.25, 0.3) is 0 Å². The van der Waals surface area contributed by atoms with Crippen molar-refractivity contribution in [1.29, 1.82) is 0 Å². The Morgan fingerprint density at radius 3 is 3.05 bits per heavy atom. The van der Waals surface area contributed by atoms with E-state index in [4.69, 9.17) is 20.8 Å². The molecule has 1 aromatic heterocycles. The summed E-state index contributed by atoms with van der Waals surface area (Å²) in [4.78, 5) is 0. The van der Waals surface area contributed by atoms with E-state index in [1.54, 1.807) is 0 Å². The van der Waals surface area contributed by atoms with E-state index in [0.29, 0.717) is 31.2 Å². The molecule has 1 saturated heterocycles. The Labute approximate surface area is 122 Å². The van der Waals surface area contributed by atoms with Crippen LogP contribution in [0.3, 0.4) is 0 Å². The highest BCUT2D eigenvalue weighted by atomic mass is 35.5. The molecule has 2 aromatic rings. The average molecular weight is 296 g/mol. The largest absolute Gasteiger partial charge is 0.459 e. The first kappa shape index (κ1) is 13.9. The van der Waals surface area contributed by atoms with Crippen LogP contribution in [0.2, 0.25) is 5.02 Å². The van der Waals surface area contributed by atoms with Gasteiger partial charge < -0.3 is 19.6 Å². The molecule has 2 atom stereocenters. The summed E-state index contributed by atoms with van der Waals surface area (Å²) < 4.78 is 11.0. The zero-order chi connectivity index (χ0) is 14.2. The molecule has 0 saturated carbocycles. The fraction of sp³-hybridized carbons (Fsp3) is 0.467. The van der Waals surface area contributed by atoms with Crippen LogP contribution in [0.5, 0.6) is 0 Å². The van der Waals surface area contributed by atoms with Crippen molar-refractivity contribution in [2.75, 3.05) is 19.8 Å². The van der Waals surface area contributed by atoms with Crippen molar-refractivity contribution in [2.45, 2.75) is 25.0 Å². The second kappa shape index (κ2) is 5.37. The Morgan fingerprint density at radius 1 is 1.45 bits per heavy atom. The molecule has 0 unspecified atom stereocenters. The monoisotopic (exact) mass is 295 g/mol. The molecule has 1 aliphatic rings. The van der Waals surface area contributed by atoms with E-state index in [2.05, 4.69) is 5.32 Å². The highest BCUT2D eigenvalue weighted by Crippen LogP contribution is 2.27. The number of halogens is 1. The fourth-order valence-corrected chi connectivity index (χ4v) is 2.61. The number of ether oxygens (including phenoxy) is 1. The van der Waals surface area contributed by atoms with E-state index in [1.165, 1.54) is 0 Å². The molecule has 20 heavy (non-hydrogen) atoms. The molecule has 2 heterocycles. The van der Waals surface area contributed by atoms with Crippen molar-refractivity contribution < 1.29 is 14.3 Å². The second-order valence-corrected chi connectivity index (χ2v) is 5.90. The van der Waals surface area contributed by atoms with Crippen LogP contribution in [0.4, 0.5) is 0 Å². The third-order valence-electron chi connectivity index (χ3n) is 3.74. The lowest BCUT2D eigenvalue weighted by atomic mass is 10.0. The Bertz CT molecular complexity index is 604. The number of fused-ring (bicyclic) bond motifs is 1. The van der Waals surface area contributed by atoms with Crippen LogP contribution in [0, 0.1) is 0 Å². The number of furan rings is 1. The van der Waals surface area contributed by atoms with E-state index in [-0.39, 0.29) is 6.04 Å². The van der Waals surface area contributed by atoms with Crippen molar-refractivity contribution in [2.24, 2.45) is 0 Å². The molecule has 5 heteroatoms. The quantitative estimate of drug-likeness (QED) is 0.911. The number of benzene rings is 1. The first-order chi connectivity index (χ1) is 9.56. The zero-order valence-corrected chi connectivity index (χ0v) is 12.1. The molecule has 1 fully saturated rings. The Hall–Kier alpha value is -1.07. The molecular formula is C15H18ClNO3. The molecule has 0 spiro atoms. The molecule has 0 radical (unpaired) electrons. The lowest BCUT2D eigenvalue weighted by Gasteiger charge is -2.22. The number of rotatable bonds is 4. The van der Waals surface area contributed by atoms with Crippen molar-refractivity contribution >= 4 is 22.6 Å². The van der Waals surface area contributed by atoms with Gasteiger partial charge in [0.15, 0.2) is 0 Å². The summed E-state index contributed by atoms with van der Waals surface area (Å²) in [7, 11) is 0. The molecule has 3 rings (SSSR count). The maximum Gasteiger partial charge on any atom is 0.134 e. The number of hydrogen-bond acceptors (Lipinski definition) is 4. The third-order valence-corrected chi connectivity index (χ3v) is 3.98.